The quantitative estimate of drug-likeness (QED) is 0.441. The van der Waals surface area contributed by atoms with E-state index in [1.807, 2.05) is 0 Å². The van der Waals surface area contributed by atoms with Crippen LogP contribution in [0.25, 0.3) is 0 Å². The molecule has 4 N–H and O–H groups in total. The summed E-state index contributed by atoms with van der Waals surface area (Å²) in [6.07, 6.45) is 0.326. The summed E-state index contributed by atoms with van der Waals surface area (Å²) >= 11 is 0. The first-order valence-electron chi connectivity index (χ1n) is 6.12. The van der Waals surface area contributed by atoms with E-state index in [4.69, 9.17) is 11.1 Å². The molecule has 0 saturated heterocycles. The van der Waals surface area contributed by atoms with Gasteiger partial charge in [0, 0.05) is 5.69 Å². The molecular formula is C14H13N5O2. The largest absolute Gasteiger partial charge is 0.350 e. The highest BCUT2D eigenvalue weighted by Gasteiger charge is 2.19. The Kier molecular flexibility index (Phi) is 4.33. The predicted molar refractivity (Wildman–Crippen MR) is 79.9 cm³/mol. The smallest absolute Gasteiger partial charge is 0.316 e. The molecule has 0 radical (unpaired) electrons. The molecule has 0 aliphatic carbocycles. The number of hydrazine groups is 1. The summed E-state index contributed by atoms with van der Waals surface area (Å²) in [7, 11) is 0. The number of nitro benzene ring substituents is 1. The third kappa shape index (κ3) is 3.26. The Morgan fingerprint density at radius 1 is 1.19 bits per heavy atom. The van der Waals surface area contributed by atoms with Crippen LogP contribution >= 0.6 is 0 Å². The number of para-hydroxylation sites is 1. The van der Waals surface area contributed by atoms with Crippen LogP contribution in [0.5, 0.6) is 0 Å². The Hall–Kier alpha value is -3.11. The molecule has 0 amide bonds. The van der Waals surface area contributed by atoms with Gasteiger partial charge in [-0.05, 0) is 29.8 Å². The molecule has 0 aliphatic rings. The van der Waals surface area contributed by atoms with E-state index >= 15 is 0 Å². The molecule has 0 aliphatic heterocycles. The number of hydrogen-bond acceptors (Lipinski definition) is 6. The lowest BCUT2D eigenvalue weighted by molar-refractivity contribution is -0.383. The van der Waals surface area contributed by atoms with Gasteiger partial charge in [-0.15, -0.1) is 0 Å². The van der Waals surface area contributed by atoms with E-state index in [2.05, 4.69) is 16.8 Å². The Bertz CT molecular complexity index is 692. The van der Waals surface area contributed by atoms with Gasteiger partial charge in [-0.1, -0.05) is 18.2 Å². The van der Waals surface area contributed by atoms with Crippen molar-refractivity contribution in [3.05, 3.63) is 58.1 Å². The molecule has 0 aromatic heterocycles. The van der Waals surface area contributed by atoms with E-state index < -0.39 is 4.92 Å². The summed E-state index contributed by atoms with van der Waals surface area (Å²) in [5, 5.41) is 22.8. The van der Waals surface area contributed by atoms with Crippen molar-refractivity contribution in [3.8, 4) is 6.07 Å². The van der Waals surface area contributed by atoms with Gasteiger partial charge in [0.1, 0.15) is 11.4 Å². The van der Waals surface area contributed by atoms with Crippen LogP contribution in [-0.2, 0) is 6.42 Å². The summed E-state index contributed by atoms with van der Waals surface area (Å²) in [4.78, 5) is 10.7. The molecule has 2 aromatic carbocycles. The first kappa shape index (κ1) is 14.3. The van der Waals surface area contributed by atoms with Gasteiger partial charge in [0.05, 0.1) is 17.4 Å². The van der Waals surface area contributed by atoms with Gasteiger partial charge in [-0.3, -0.25) is 16.0 Å². The highest BCUT2D eigenvalue weighted by Crippen LogP contribution is 2.34. The minimum atomic E-state index is -0.498. The van der Waals surface area contributed by atoms with Crippen molar-refractivity contribution in [2.45, 2.75) is 6.42 Å². The lowest BCUT2D eigenvalue weighted by atomic mass is 10.1. The lowest BCUT2D eigenvalue weighted by Crippen LogP contribution is -2.10. The molecule has 0 saturated carbocycles. The highest BCUT2D eigenvalue weighted by molar-refractivity contribution is 5.79. The van der Waals surface area contributed by atoms with Gasteiger partial charge in [0.2, 0.25) is 0 Å². The standard InChI is InChI=1S/C14H13N5O2/c15-9-8-10-4-6-11(7-5-10)17-12-2-1-3-13(18-16)14(12)19(20)21/h1-7,17-18H,8,16H2. The van der Waals surface area contributed by atoms with Crippen molar-refractivity contribution in [1.82, 2.24) is 0 Å². The van der Waals surface area contributed by atoms with E-state index in [1.165, 1.54) is 6.07 Å². The summed E-state index contributed by atoms with van der Waals surface area (Å²) in [6.45, 7) is 0. The van der Waals surface area contributed by atoms with Crippen molar-refractivity contribution in [2.75, 3.05) is 10.7 Å². The topological polar surface area (TPSA) is 117 Å². The van der Waals surface area contributed by atoms with E-state index in [0.717, 1.165) is 5.56 Å². The number of hydrogen-bond donors (Lipinski definition) is 3. The van der Waals surface area contributed by atoms with Crippen LogP contribution in [0.1, 0.15) is 5.56 Å². The number of rotatable bonds is 5. The maximum absolute atomic E-state index is 11.2. The molecule has 106 valence electrons. The summed E-state index contributed by atoms with van der Waals surface area (Å²) in [5.74, 6) is 5.29. The number of anilines is 3. The molecule has 7 nitrogen and oxygen atoms in total. The fourth-order valence-corrected chi connectivity index (χ4v) is 1.91. The minimum absolute atomic E-state index is 0.124. The van der Waals surface area contributed by atoms with Crippen molar-refractivity contribution >= 4 is 22.7 Å². The number of nitrogens with one attached hydrogen (secondary N) is 2. The Morgan fingerprint density at radius 3 is 2.43 bits per heavy atom. The SMILES string of the molecule is N#CCc1ccc(Nc2cccc(NN)c2[N+](=O)[O-])cc1. The maximum atomic E-state index is 11.2. The van der Waals surface area contributed by atoms with E-state index in [-0.39, 0.29) is 11.4 Å². The summed E-state index contributed by atoms with van der Waals surface area (Å²) in [6, 6.07) is 14.0. The number of nitriles is 1. The monoisotopic (exact) mass is 283 g/mol. The third-order valence-corrected chi connectivity index (χ3v) is 2.89. The van der Waals surface area contributed by atoms with Crippen molar-refractivity contribution in [2.24, 2.45) is 5.84 Å². The Morgan fingerprint density at radius 2 is 1.86 bits per heavy atom. The lowest BCUT2D eigenvalue weighted by Gasteiger charge is -2.10. The molecule has 0 spiro atoms. The fourth-order valence-electron chi connectivity index (χ4n) is 1.91. The first-order valence-corrected chi connectivity index (χ1v) is 6.12. The molecule has 0 fully saturated rings. The van der Waals surface area contributed by atoms with Gasteiger partial charge < -0.3 is 10.7 Å². The Labute approximate surface area is 121 Å². The zero-order chi connectivity index (χ0) is 15.2. The second kappa shape index (κ2) is 6.36. The molecule has 21 heavy (non-hydrogen) atoms. The summed E-state index contributed by atoms with van der Waals surface area (Å²) < 4.78 is 0. The van der Waals surface area contributed by atoms with Gasteiger partial charge in [-0.2, -0.15) is 5.26 Å². The number of nitrogens with zero attached hydrogens (tertiary/aromatic N) is 2. The average Bonchev–Trinajstić information content (AvgIpc) is 2.49. The van der Waals surface area contributed by atoms with Gasteiger partial charge in [0.15, 0.2) is 0 Å². The van der Waals surface area contributed by atoms with Crippen molar-refractivity contribution in [1.29, 1.82) is 5.26 Å². The first-order chi connectivity index (χ1) is 10.2. The number of nitrogen functional groups attached to an aromatic ring is 1. The number of nitrogens with two attached hydrogens (primary N) is 1. The van der Waals surface area contributed by atoms with Crippen molar-refractivity contribution in [3.63, 3.8) is 0 Å². The van der Waals surface area contributed by atoms with Crippen LogP contribution in [0.2, 0.25) is 0 Å². The molecular weight excluding hydrogens is 270 g/mol. The summed E-state index contributed by atoms with van der Waals surface area (Å²) in [5.41, 5.74) is 4.32. The molecule has 0 unspecified atom stereocenters. The van der Waals surface area contributed by atoms with E-state index in [9.17, 15) is 10.1 Å². The highest BCUT2D eigenvalue weighted by atomic mass is 16.6. The normalized spacial score (nSPS) is 9.71. The van der Waals surface area contributed by atoms with Crippen LogP contribution in [-0.4, -0.2) is 4.92 Å². The Balaban J connectivity index is 2.31. The third-order valence-electron chi connectivity index (χ3n) is 2.89. The van der Waals surface area contributed by atoms with Crippen LogP contribution in [0.3, 0.4) is 0 Å². The number of benzene rings is 2. The zero-order valence-electron chi connectivity index (χ0n) is 11.0. The van der Waals surface area contributed by atoms with Gasteiger partial charge in [-0.25, -0.2) is 0 Å². The number of nitro groups is 1. The second-order valence-corrected chi connectivity index (χ2v) is 4.26. The zero-order valence-corrected chi connectivity index (χ0v) is 11.0. The van der Waals surface area contributed by atoms with Crippen LogP contribution in [0.15, 0.2) is 42.5 Å². The molecule has 2 rings (SSSR count). The molecule has 0 bridgehead atoms. The van der Waals surface area contributed by atoms with Crippen LogP contribution < -0.4 is 16.6 Å². The predicted octanol–water partition coefficient (Wildman–Crippen LogP) is 2.69. The average molecular weight is 283 g/mol. The second-order valence-electron chi connectivity index (χ2n) is 4.26. The van der Waals surface area contributed by atoms with Crippen LogP contribution in [0.4, 0.5) is 22.7 Å². The van der Waals surface area contributed by atoms with Crippen LogP contribution in [0, 0.1) is 21.4 Å². The van der Waals surface area contributed by atoms with E-state index in [0.29, 0.717) is 17.8 Å². The minimum Gasteiger partial charge on any atom is -0.350 e. The van der Waals surface area contributed by atoms with Gasteiger partial charge >= 0.3 is 5.69 Å². The molecule has 0 heterocycles. The maximum Gasteiger partial charge on any atom is 0.316 e. The van der Waals surface area contributed by atoms with Gasteiger partial charge in [0.25, 0.3) is 0 Å². The molecule has 2 aromatic rings. The molecule has 7 heteroatoms. The van der Waals surface area contributed by atoms with E-state index in [1.54, 1.807) is 36.4 Å². The fraction of sp³-hybridized carbons (Fsp3) is 0.0714. The van der Waals surface area contributed by atoms with Crippen molar-refractivity contribution < 1.29 is 4.92 Å². The molecule has 0 atom stereocenters.